The number of halogens is 3. The molecule has 1 aromatic carbocycles. The van der Waals surface area contributed by atoms with E-state index in [1.165, 1.54) is 30.5 Å². The second-order valence-corrected chi connectivity index (χ2v) is 10.9. The molecular weight excluding hydrogens is 461 g/mol. The van der Waals surface area contributed by atoms with Crippen molar-refractivity contribution >= 4 is 15.9 Å². The number of nitriles is 1. The molecule has 0 spiro atoms. The average molecular weight is 491 g/mol. The van der Waals surface area contributed by atoms with Gasteiger partial charge in [0.1, 0.15) is 0 Å². The first-order valence-electron chi connectivity index (χ1n) is 10.6. The summed E-state index contributed by atoms with van der Waals surface area (Å²) in [6, 6.07) is 5.30. The summed E-state index contributed by atoms with van der Waals surface area (Å²) in [5.74, 6) is 0.0404. The van der Waals surface area contributed by atoms with Crippen molar-refractivity contribution in [2.24, 2.45) is 11.3 Å². The first kappa shape index (κ1) is 25.7. The molecule has 8 nitrogen and oxygen atoms in total. The first-order chi connectivity index (χ1) is 15.4. The van der Waals surface area contributed by atoms with Gasteiger partial charge in [0.15, 0.2) is 0 Å². The zero-order chi connectivity index (χ0) is 24.4. The minimum absolute atomic E-state index is 0.0404. The lowest BCUT2D eigenvalue weighted by atomic mass is 9.74. The predicted molar refractivity (Wildman–Crippen MR) is 116 cm³/mol. The van der Waals surface area contributed by atoms with E-state index in [1.54, 1.807) is 13.2 Å². The summed E-state index contributed by atoms with van der Waals surface area (Å²) in [5, 5.41) is 9.08. The summed E-state index contributed by atoms with van der Waals surface area (Å²) < 4.78 is 79.5. The van der Waals surface area contributed by atoms with Crippen molar-refractivity contribution in [1.29, 1.82) is 5.26 Å². The summed E-state index contributed by atoms with van der Waals surface area (Å²) in [5.41, 5.74) is -1.63. The topological polar surface area (TPSA) is 86.1 Å². The van der Waals surface area contributed by atoms with Gasteiger partial charge in [-0.2, -0.15) is 35.5 Å². The smallest absolute Gasteiger partial charge is 0.382 e. The Balaban J connectivity index is 1.92. The number of alkyl halides is 3. The number of methoxy groups -OCH3 is 1. The van der Waals surface area contributed by atoms with Gasteiger partial charge < -0.3 is 14.4 Å². The standard InChI is InChI=1S/C21H29F3N4O4S/c1-26(2)33(29,30)28-7-6-17-12-27(13-20(17,14-28)15-32-9-8-31-3)18-5-4-16(11-25)19(10-18)21(22,23)24/h4-5,10,17H,6-9,12-15H2,1-3H3/t17-,20-/m1/s1. The van der Waals surface area contributed by atoms with Crippen LogP contribution in [0.25, 0.3) is 0 Å². The average Bonchev–Trinajstić information content (AvgIpc) is 3.14. The fourth-order valence-electron chi connectivity index (χ4n) is 4.65. The largest absolute Gasteiger partial charge is 0.417 e. The molecular formula is C21H29F3N4O4S. The number of hydrogen-bond donors (Lipinski definition) is 0. The Labute approximate surface area is 192 Å². The number of anilines is 1. The molecule has 12 heteroatoms. The fraction of sp³-hybridized carbons (Fsp3) is 0.667. The van der Waals surface area contributed by atoms with Crippen molar-refractivity contribution in [3.63, 3.8) is 0 Å². The van der Waals surface area contributed by atoms with Gasteiger partial charge in [-0.1, -0.05) is 0 Å². The Kier molecular flexibility index (Phi) is 7.60. The molecule has 0 bridgehead atoms. The van der Waals surface area contributed by atoms with E-state index in [1.807, 2.05) is 4.90 Å². The minimum atomic E-state index is -4.65. The normalized spacial score (nSPS) is 24.2. The number of rotatable bonds is 8. The molecule has 2 fully saturated rings. The lowest BCUT2D eigenvalue weighted by molar-refractivity contribution is -0.137. The Hall–Kier alpha value is -1.91. The van der Waals surface area contributed by atoms with Crippen molar-refractivity contribution in [2.45, 2.75) is 12.6 Å². The summed E-state index contributed by atoms with van der Waals surface area (Å²) in [4.78, 5) is 1.84. The van der Waals surface area contributed by atoms with Gasteiger partial charge in [-0.25, -0.2) is 0 Å². The Morgan fingerprint density at radius 2 is 2.00 bits per heavy atom. The number of fused-ring (bicyclic) bond motifs is 1. The van der Waals surface area contributed by atoms with Crippen molar-refractivity contribution in [3.05, 3.63) is 29.3 Å². The van der Waals surface area contributed by atoms with Crippen molar-refractivity contribution in [2.75, 3.05) is 72.1 Å². The molecule has 0 unspecified atom stereocenters. The van der Waals surface area contributed by atoms with E-state index in [0.717, 1.165) is 10.4 Å². The maximum atomic E-state index is 13.5. The maximum absolute atomic E-state index is 13.5. The highest BCUT2D eigenvalue weighted by Crippen LogP contribution is 2.45. The summed E-state index contributed by atoms with van der Waals surface area (Å²) in [6.45, 7) is 2.35. The van der Waals surface area contributed by atoms with E-state index in [9.17, 15) is 21.6 Å². The molecule has 2 aliphatic heterocycles. The van der Waals surface area contributed by atoms with Crippen LogP contribution in [-0.2, 0) is 25.9 Å². The van der Waals surface area contributed by atoms with Gasteiger partial charge >= 0.3 is 6.18 Å². The minimum Gasteiger partial charge on any atom is -0.382 e. The summed E-state index contributed by atoms with van der Waals surface area (Å²) in [7, 11) is 0.850. The molecule has 2 atom stereocenters. The molecule has 0 aliphatic carbocycles. The highest BCUT2D eigenvalue weighted by molar-refractivity contribution is 7.86. The predicted octanol–water partition coefficient (Wildman–Crippen LogP) is 2.17. The molecule has 0 aromatic heterocycles. The quantitative estimate of drug-likeness (QED) is 0.520. The molecule has 0 amide bonds. The van der Waals surface area contributed by atoms with Crippen molar-refractivity contribution in [1.82, 2.24) is 8.61 Å². The summed E-state index contributed by atoms with van der Waals surface area (Å²) in [6.07, 6.45) is -4.08. The SMILES string of the molecule is COCCOC[C@]12CN(c3ccc(C#N)c(C(F)(F)F)c3)C[C@H]1CCN(S(=O)(=O)N(C)C)C2. The number of hydrogen-bond acceptors (Lipinski definition) is 6. The van der Waals surface area contributed by atoms with Crippen LogP contribution < -0.4 is 4.90 Å². The lowest BCUT2D eigenvalue weighted by Crippen LogP contribution is -2.55. The Morgan fingerprint density at radius 3 is 2.61 bits per heavy atom. The van der Waals surface area contributed by atoms with E-state index >= 15 is 0 Å². The molecule has 0 saturated carbocycles. The molecule has 0 N–H and O–H groups in total. The van der Waals surface area contributed by atoms with Crippen molar-refractivity contribution < 1.29 is 31.1 Å². The third-order valence-electron chi connectivity index (χ3n) is 6.43. The highest BCUT2D eigenvalue weighted by Gasteiger charge is 2.52. The van der Waals surface area contributed by atoms with Gasteiger partial charge in [-0.15, -0.1) is 0 Å². The van der Waals surface area contributed by atoms with E-state index in [0.29, 0.717) is 45.0 Å². The van der Waals surface area contributed by atoms with Crippen LogP contribution >= 0.6 is 0 Å². The van der Waals surface area contributed by atoms with Gasteiger partial charge in [0.25, 0.3) is 10.2 Å². The van der Waals surface area contributed by atoms with Gasteiger partial charge in [-0.3, -0.25) is 0 Å². The van der Waals surface area contributed by atoms with Crippen LogP contribution in [0.3, 0.4) is 0 Å². The third kappa shape index (κ3) is 5.27. The monoisotopic (exact) mass is 490 g/mol. The van der Waals surface area contributed by atoms with Crippen LogP contribution in [0, 0.1) is 22.7 Å². The van der Waals surface area contributed by atoms with Crippen LogP contribution in [0.15, 0.2) is 18.2 Å². The number of nitrogens with zero attached hydrogens (tertiary/aromatic N) is 4. The molecule has 0 radical (unpaired) electrons. The second kappa shape index (κ2) is 9.76. The first-order valence-corrected chi connectivity index (χ1v) is 11.9. The molecule has 184 valence electrons. The zero-order valence-corrected chi connectivity index (χ0v) is 19.7. The zero-order valence-electron chi connectivity index (χ0n) is 18.9. The lowest BCUT2D eigenvalue weighted by Gasteiger charge is -2.43. The van der Waals surface area contributed by atoms with Crippen LogP contribution in [0.1, 0.15) is 17.5 Å². The van der Waals surface area contributed by atoms with Crippen LogP contribution in [0.4, 0.5) is 18.9 Å². The van der Waals surface area contributed by atoms with E-state index < -0.39 is 32.9 Å². The number of benzene rings is 1. The maximum Gasteiger partial charge on any atom is 0.417 e. The molecule has 2 saturated heterocycles. The summed E-state index contributed by atoms with van der Waals surface area (Å²) >= 11 is 0. The van der Waals surface area contributed by atoms with Gasteiger partial charge in [0.2, 0.25) is 0 Å². The second-order valence-electron chi connectivity index (χ2n) is 8.74. The molecule has 3 rings (SSSR count). The van der Waals surface area contributed by atoms with E-state index in [2.05, 4.69) is 0 Å². The molecule has 33 heavy (non-hydrogen) atoms. The molecule has 1 aromatic rings. The number of ether oxygens (including phenoxy) is 2. The Morgan fingerprint density at radius 1 is 1.27 bits per heavy atom. The fourth-order valence-corrected chi connectivity index (χ4v) is 5.87. The van der Waals surface area contributed by atoms with Gasteiger partial charge in [0.05, 0.1) is 37.0 Å². The third-order valence-corrected chi connectivity index (χ3v) is 8.32. The van der Waals surface area contributed by atoms with Crippen LogP contribution in [0.2, 0.25) is 0 Å². The van der Waals surface area contributed by atoms with Crippen LogP contribution in [0.5, 0.6) is 0 Å². The van der Waals surface area contributed by atoms with Crippen molar-refractivity contribution in [3.8, 4) is 6.07 Å². The van der Waals surface area contributed by atoms with Gasteiger partial charge in [-0.05, 0) is 30.5 Å². The Bertz CT molecular complexity index is 996. The number of piperidine rings is 1. The van der Waals surface area contributed by atoms with Crippen LogP contribution in [-0.4, -0.2) is 84.2 Å². The highest BCUT2D eigenvalue weighted by atomic mass is 32.2. The van der Waals surface area contributed by atoms with E-state index in [4.69, 9.17) is 14.7 Å². The molecule has 2 heterocycles. The molecule has 2 aliphatic rings. The van der Waals surface area contributed by atoms with Gasteiger partial charge in [0, 0.05) is 58.5 Å². The van der Waals surface area contributed by atoms with E-state index in [-0.39, 0.29) is 19.1 Å².